The van der Waals surface area contributed by atoms with Crippen LogP contribution in [0.2, 0.25) is 0 Å². The minimum atomic E-state index is -0.165. The minimum absolute atomic E-state index is 0.0217. The molecule has 20 heavy (non-hydrogen) atoms. The maximum atomic E-state index is 6.53. The van der Waals surface area contributed by atoms with Gasteiger partial charge in [0, 0.05) is 31.0 Å². The second-order valence-electron chi connectivity index (χ2n) is 6.79. The molecule has 3 nitrogen and oxygen atoms in total. The quantitative estimate of drug-likeness (QED) is 0.897. The van der Waals surface area contributed by atoms with Crippen molar-refractivity contribution in [3.05, 3.63) is 30.1 Å². The molecule has 1 aromatic heterocycles. The maximum absolute atomic E-state index is 6.53. The lowest BCUT2D eigenvalue weighted by atomic mass is 9.68. The fraction of sp³-hybridized carbons (Fsp3) is 0.706. The van der Waals surface area contributed by atoms with Crippen LogP contribution in [0.3, 0.4) is 0 Å². The SMILES string of the molecule is CCOC1(C(N)Cc2ccccn2)CCC(C)(C)CC1. The Bertz CT molecular complexity index is 406. The first-order valence-electron chi connectivity index (χ1n) is 7.77. The van der Waals surface area contributed by atoms with Gasteiger partial charge in [0.05, 0.1) is 5.60 Å². The van der Waals surface area contributed by atoms with Crippen LogP contribution in [-0.2, 0) is 11.2 Å². The first-order chi connectivity index (χ1) is 9.47. The first kappa shape index (κ1) is 15.5. The van der Waals surface area contributed by atoms with E-state index >= 15 is 0 Å². The van der Waals surface area contributed by atoms with Gasteiger partial charge in [0.25, 0.3) is 0 Å². The average molecular weight is 276 g/mol. The summed E-state index contributed by atoms with van der Waals surface area (Å²) in [6.07, 6.45) is 7.11. The van der Waals surface area contributed by atoms with Crippen LogP contribution in [0.15, 0.2) is 24.4 Å². The van der Waals surface area contributed by atoms with Crippen LogP contribution >= 0.6 is 0 Å². The molecule has 1 aliphatic rings. The first-order valence-corrected chi connectivity index (χ1v) is 7.77. The third-order valence-electron chi connectivity index (χ3n) is 4.71. The number of nitrogens with two attached hydrogens (primary N) is 1. The molecule has 2 N–H and O–H groups in total. The van der Waals surface area contributed by atoms with Gasteiger partial charge in [-0.05, 0) is 50.2 Å². The summed E-state index contributed by atoms with van der Waals surface area (Å²) < 4.78 is 6.14. The van der Waals surface area contributed by atoms with E-state index in [-0.39, 0.29) is 11.6 Å². The summed E-state index contributed by atoms with van der Waals surface area (Å²) in [5.74, 6) is 0. The summed E-state index contributed by atoms with van der Waals surface area (Å²) in [7, 11) is 0. The van der Waals surface area contributed by atoms with Crippen molar-refractivity contribution in [3.63, 3.8) is 0 Å². The molecule has 1 aromatic rings. The number of aromatic nitrogens is 1. The van der Waals surface area contributed by atoms with Crippen molar-refractivity contribution >= 4 is 0 Å². The Hall–Kier alpha value is -0.930. The van der Waals surface area contributed by atoms with Crippen LogP contribution in [0.25, 0.3) is 0 Å². The van der Waals surface area contributed by atoms with Crippen molar-refractivity contribution in [3.8, 4) is 0 Å². The van der Waals surface area contributed by atoms with Gasteiger partial charge in [-0.3, -0.25) is 4.98 Å². The lowest BCUT2D eigenvalue weighted by Crippen LogP contribution is -2.54. The second kappa shape index (κ2) is 6.23. The van der Waals surface area contributed by atoms with E-state index in [9.17, 15) is 0 Å². The summed E-state index contributed by atoms with van der Waals surface area (Å²) in [5, 5.41) is 0. The molecular formula is C17H28N2O. The Balaban J connectivity index is 2.08. The van der Waals surface area contributed by atoms with Crippen LogP contribution < -0.4 is 5.73 Å². The molecule has 0 amide bonds. The number of hydrogen-bond donors (Lipinski definition) is 1. The highest BCUT2D eigenvalue weighted by atomic mass is 16.5. The van der Waals surface area contributed by atoms with Crippen LogP contribution in [0.5, 0.6) is 0 Å². The van der Waals surface area contributed by atoms with E-state index in [2.05, 4.69) is 25.8 Å². The van der Waals surface area contributed by atoms with Crippen molar-refractivity contribution in [2.45, 2.75) is 64.5 Å². The van der Waals surface area contributed by atoms with Gasteiger partial charge in [-0.2, -0.15) is 0 Å². The van der Waals surface area contributed by atoms with E-state index in [1.54, 1.807) is 0 Å². The predicted octanol–water partition coefficient (Wildman–Crippen LogP) is 3.33. The Kier molecular flexibility index (Phi) is 4.82. The van der Waals surface area contributed by atoms with E-state index < -0.39 is 0 Å². The molecule has 2 rings (SSSR count). The van der Waals surface area contributed by atoms with Crippen molar-refractivity contribution in [2.24, 2.45) is 11.1 Å². The van der Waals surface area contributed by atoms with E-state index in [0.717, 1.165) is 31.6 Å². The molecule has 0 spiro atoms. The standard InChI is InChI=1S/C17H28N2O/c1-4-20-17(10-8-16(2,3)9-11-17)15(18)13-14-7-5-6-12-19-14/h5-7,12,15H,4,8-11,13,18H2,1-3H3. The average Bonchev–Trinajstić information content (AvgIpc) is 2.43. The largest absolute Gasteiger partial charge is 0.374 e. The van der Waals surface area contributed by atoms with Gasteiger partial charge in [0.2, 0.25) is 0 Å². The molecule has 112 valence electrons. The Morgan fingerprint density at radius 2 is 1.95 bits per heavy atom. The molecule has 3 heteroatoms. The molecular weight excluding hydrogens is 248 g/mol. The molecule has 1 fully saturated rings. The third kappa shape index (κ3) is 3.58. The van der Waals surface area contributed by atoms with Gasteiger partial charge in [-0.15, -0.1) is 0 Å². The molecule has 1 heterocycles. The Morgan fingerprint density at radius 1 is 1.25 bits per heavy atom. The number of pyridine rings is 1. The normalized spacial score (nSPS) is 22.4. The smallest absolute Gasteiger partial charge is 0.0836 e. The fourth-order valence-electron chi connectivity index (χ4n) is 3.19. The van der Waals surface area contributed by atoms with Crippen molar-refractivity contribution < 1.29 is 4.74 Å². The topological polar surface area (TPSA) is 48.1 Å². The molecule has 0 aromatic carbocycles. The van der Waals surface area contributed by atoms with Crippen LogP contribution in [-0.4, -0.2) is 23.2 Å². The monoisotopic (exact) mass is 276 g/mol. The molecule has 0 radical (unpaired) electrons. The zero-order valence-corrected chi connectivity index (χ0v) is 13.1. The molecule has 0 saturated heterocycles. The maximum Gasteiger partial charge on any atom is 0.0836 e. The van der Waals surface area contributed by atoms with Crippen molar-refractivity contribution in [1.82, 2.24) is 4.98 Å². The van der Waals surface area contributed by atoms with Crippen molar-refractivity contribution in [2.75, 3.05) is 6.61 Å². The van der Waals surface area contributed by atoms with Crippen molar-refractivity contribution in [1.29, 1.82) is 0 Å². The van der Waals surface area contributed by atoms with E-state index in [4.69, 9.17) is 10.5 Å². The molecule has 0 aliphatic heterocycles. The summed E-state index contributed by atoms with van der Waals surface area (Å²) >= 11 is 0. The van der Waals surface area contributed by atoms with Gasteiger partial charge < -0.3 is 10.5 Å². The lowest BCUT2D eigenvalue weighted by molar-refractivity contribution is -0.0988. The fourth-order valence-corrected chi connectivity index (χ4v) is 3.19. The number of ether oxygens (including phenoxy) is 1. The third-order valence-corrected chi connectivity index (χ3v) is 4.71. The Labute approximate surface area is 122 Å². The molecule has 0 bridgehead atoms. The number of rotatable bonds is 5. The highest BCUT2D eigenvalue weighted by Gasteiger charge is 2.43. The zero-order valence-electron chi connectivity index (χ0n) is 13.1. The molecule has 1 atom stereocenters. The van der Waals surface area contributed by atoms with Gasteiger partial charge in [0.1, 0.15) is 0 Å². The summed E-state index contributed by atoms with van der Waals surface area (Å²) in [6, 6.07) is 6.03. The predicted molar refractivity (Wildman–Crippen MR) is 82.5 cm³/mol. The Morgan fingerprint density at radius 3 is 2.50 bits per heavy atom. The lowest BCUT2D eigenvalue weighted by Gasteiger charge is -2.46. The molecule has 1 aliphatic carbocycles. The highest BCUT2D eigenvalue weighted by molar-refractivity contribution is 5.09. The second-order valence-corrected chi connectivity index (χ2v) is 6.79. The van der Waals surface area contributed by atoms with Crippen LogP contribution in [0, 0.1) is 5.41 Å². The zero-order chi connectivity index (χ0) is 14.6. The molecule has 1 saturated carbocycles. The highest BCUT2D eigenvalue weighted by Crippen LogP contribution is 2.43. The summed E-state index contributed by atoms with van der Waals surface area (Å²) in [6.45, 7) is 7.48. The van der Waals surface area contributed by atoms with Gasteiger partial charge in [-0.1, -0.05) is 19.9 Å². The van der Waals surface area contributed by atoms with Gasteiger partial charge in [-0.25, -0.2) is 0 Å². The molecule has 1 unspecified atom stereocenters. The summed E-state index contributed by atoms with van der Waals surface area (Å²) in [5.41, 5.74) is 7.84. The number of nitrogens with zero attached hydrogens (tertiary/aromatic N) is 1. The van der Waals surface area contributed by atoms with Crippen LogP contribution in [0.4, 0.5) is 0 Å². The summed E-state index contributed by atoms with van der Waals surface area (Å²) in [4.78, 5) is 4.40. The van der Waals surface area contributed by atoms with Gasteiger partial charge in [0.15, 0.2) is 0 Å². The van der Waals surface area contributed by atoms with E-state index in [1.165, 1.54) is 12.8 Å². The van der Waals surface area contributed by atoms with E-state index in [1.807, 2.05) is 24.4 Å². The minimum Gasteiger partial charge on any atom is -0.374 e. The van der Waals surface area contributed by atoms with E-state index in [0.29, 0.717) is 5.41 Å². The number of hydrogen-bond acceptors (Lipinski definition) is 3. The van der Waals surface area contributed by atoms with Crippen LogP contribution in [0.1, 0.15) is 52.1 Å². The van der Waals surface area contributed by atoms with Gasteiger partial charge >= 0.3 is 0 Å².